The molecule has 1 aliphatic rings. The Hall–Kier alpha value is -2.15. The molecule has 0 saturated carbocycles. The molecule has 1 radical (unpaired) electrons. The van der Waals surface area contributed by atoms with Gasteiger partial charge in [0.05, 0.1) is 0 Å². The van der Waals surface area contributed by atoms with Crippen molar-refractivity contribution in [3.8, 4) is 0 Å². The topological polar surface area (TPSA) is 17.1 Å². The number of hydrogen-bond donors (Lipinski definition) is 0. The molecular weight excluding hydrogens is 232 g/mol. The number of Topliss-reactive ketones (excluding diaryl/α,β-unsaturated/α-hetero) is 1. The molecule has 0 N–H and O–H groups in total. The highest BCUT2D eigenvalue weighted by Crippen LogP contribution is 2.33. The molecule has 1 nitrogen and oxygen atoms in total. The fraction of sp³-hybridized carbons (Fsp3) is 0.167. The Kier molecular flexibility index (Phi) is 3.28. The normalized spacial score (nSPS) is 18.1. The summed E-state index contributed by atoms with van der Waals surface area (Å²) in [6.45, 7) is 0. The SMILES string of the molecule is O=C(c1ccccc1)C1C=C(c2cc[c]cc2)CC1. The van der Waals surface area contributed by atoms with Crippen molar-refractivity contribution >= 4 is 11.4 Å². The first kappa shape index (κ1) is 11.9. The second-order valence-electron chi connectivity index (χ2n) is 4.86. The molecule has 1 aliphatic carbocycles. The Labute approximate surface area is 113 Å². The lowest BCUT2D eigenvalue weighted by atomic mass is 9.97. The van der Waals surface area contributed by atoms with E-state index in [1.54, 1.807) is 0 Å². The highest BCUT2D eigenvalue weighted by atomic mass is 16.1. The fourth-order valence-corrected chi connectivity index (χ4v) is 2.59. The van der Waals surface area contributed by atoms with Gasteiger partial charge >= 0.3 is 0 Å². The van der Waals surface area contributed by atoms with Crippen LogP contribution in [-0.4, -0.2) is 5.78 Å². The number of rotatable bonds is 3. The summed E-state index contributed by atoms with van der Waals surface area (Å²) in [5.41, 5.74) is 3.30. The molecule has 2 aromatic carbocycles. The highest BCUT2D eigenvalue weighted by molar-refractivity contribution is 6.00. The largest absolute Gasteiger partial charge is 0.294 e. The van der Waals surface area contributed by atoms with Gasteiger partial charge in [-0.05, 0) is 30.0 Å². The van der Waals surface area contributed by atoms with Crippen molar-refractivity contribution in [3.63, 3.8) is 0 Å². The van der Waals surface area contributed by atoms with Crippen LogP contribution in [0.25, 0.3) is 5.57 Å². The first-order valence-electron chi connectivity index (χ1n) is 6.61. The van der Waals surface area contributed by atoms with Gasteiger partial charge < -0.3 is 0 Å². The molecule has 19 heavy (non-hydrogen) atoms. The zero-order valence-electron chi connectivity index (χ0n) is 10.7. The summed E-state index contributed by atoms with van der Waals surface area (Å²) in [6.07, 6.45) is 4.03. The first-order valence-corrected chi connectivity index (χ1v) is 6.61. The van der Waals surface area contributed by atoms with Gasteiger partial charge in [0.1, 0.15) is 0 Å². The summed E-state index contributed by atoms with van der Waals surface area (Å²) in [7, 11) is 0. The molecule has 93 valence electrons. The molecular formula is C18H15O. The second-order valence-corrected chi connectivity index (χ2v) is 4.86. The smallest absolute Gasteiger partial charge is 0.169 e. The number of ketones is 1. The van der Waals surface area contributed by atoms with E-state index in [1.807, 2.05) is 42.5 Å². The predicted molar refractivity (Wildman–Crippen MR) is 76.8 cm³/mol. The van der Waals surface area contributed by atoms with E-state index in [0.29, 0.717) is 0 Å². The zero-order chi connectivity index (χ0) is 13.1. The first-order chi connectivity index (χ1) is 9.34. The van der Waals surface area contributed by atoms with Crippen molar-refractivity contribution in [1.82, 2.24) is 0 Å². The molecule has 2 aromatic rings. The van der Waals surface area contributed by atoms with Crippen molar-refractivity contribution < 1.29 is 4.79 Å². The van der Waals surface area contributed by atoms with Crippen LogP contribution in [0.15, 0.2) is 60.7 Å². The third-order valence-electron chi connectivity index (χ3n) is 3.61. The van der Waals surface area contributed by atoms with Gasteiger partial charge in [0, 0.05) is 11.5 Å². The molecule has 0 amide bonds. The van der Waals surface area contributed by atoms with Gasteiger partial charge in [-0.15, -0.1) is 0 Å². The lowest BCUT2D eigenvalue weighted by Crippen LogP contribution is -2.09. The Morgan fingerprint density at radius 3 is 2.53 bits per heavy atom. The summed E-state index contributed by atoms with van der Waals surface area (Å²) < 4.78 is 0. The highest BCUT2D eigenvalue weighted by Gasteiger charge is 2.23. The van der Waals surface area contributed by atoms with Crippen LogP contribution in [-0.2, 0) is 0 Å². The third kappa shape index (κ3) is 2.50. The number of benzene rings is 2. The third-order valence-corrected chi connectivity index (χ3v) is 3.61. The van der Waals surface area contributed by atoms with Crippen LogP contribution in [0.4, 0.5) is 0 Å². The van der Waals surface area contributed by atoms with E-state index in [1.165, 1.54) is 11.1 Å². The molecule has 0 aliphatic heterocycles. The van der Waals surface area contributed by atoms with Gasteiger partial charge in [-0.25, -0.2) is 0 Å². The van der Waals surface area contributed by atoms with Crippen molar-refractivity contribution in [2.24, 2.45) is 5.92 Å². The van der Waals surface area contributed by atoms with Crippen LogP contribution >= 0.6 is 0 Å². The fourth-order valence-electron chi connectivity index (χ4n) is 2.59. The molecule has 0 heterocycles. The van der Waals surface area contributed by atoms with Crippen LogP contribution in [0.3, 0.4) is 0 Å². The van der Waals surface area contributed by atoms with Crippen molar-refractivity contribution in [3.05, 3.63) is 77.9 Å². The molecule has 1 heteroatoms. The second kappa shape index (κ2) is 5.23. The number of carbonyl (C=O) groups is 1. The summed E-state index contributed by atoms with van der Waals surface area (Å²) in [6, 6.07) is 20.5. The van der Waals surface area contributed by atoms with E-state index in [2.05, 4.69) is 24.3 Å². The Morgan fingerprint density at radius 2 is 1.79 bits per heavy atom. The Morgan fingerprint density at radius 1 is 1.05 bits per heavy atom. The van der Waals surface area contributed by atoms with Crippen LogP contribution in [0.5, 0.6) is 0 Å². The van der Waals surface area contributed by atoms with E-state index in [0.717, 1.165) is 18.4 Å². The van der Waals surface area contributed by atoms with E-state index in [4.69, 9.17) is 0 Å². The quantitative estimate of drug-likeness (QED) is 0.744. The molecule has 1 atom stereocenters. The van der Waals surface area contributed by atoms with E-state index < -0.39 is 0 Å². The van der Waals surface area contributed by atoms with Crippen LogP contribution in [0.1, 0.15) is 28.8 Å². The van der Waals surface area contributed by atoms with Crippen LogP contribution in [0, 0.1) is 12.0 Å². The molecule has 3 rings (SSSR count). The lowest BCUT2D eigenvalue weighted by Gasteiger charge is -2.05. The minimum atomic E-state index is 0.0292. The van der Waals surface area contributed by atoms with Gasteiger partial charge in [-0.1, -0.05) is 60.7 Å². The monoisotopic (exact) mass is 247 g/mol. The standard InChI is InChI=1S/C18H15O/c19-18(15-9-5-2-6-10-15)17-12-11-16(13-17)14-7-3-1-4-8-14/h2-10,13,17H,11-12H2. The maximum Gasteiger partial charge on any atom is 0.169 e. The zero-order valence-corrected chi connectivity index (χ0v) is 10.7. The van der Waals surface area contributed by atoms with Gasteiger partial charge in [-0.2, -0.15) is 0 Å². The van der Waals surface area contributed by atoms with Gasteiger partial charge in [-0.3, -0.25) is 4.79 Å². The maximum atomic E-state index is 12.4. The summed E-state index contributed by atoms with van der Waals surface area (Å²) in [4.78, 5) is 12.4. The predicted octanol–water partition coefficient (Wildman–Crippen LogP) is 4.16. The molecule has 1 unspecified atom stereocenters. The number of hydrogen-bond acceptors (Lipinski definition) is 1. The minimum absolute atomic E-state index is 0.0292. The molecule has 0 fully saturated rings. The van der Waals surface area contributed by atoms with Gasteiger partial charge in [0.15, 0.2) is 5.78 Å². The summed E-state index contributed by atoms with van der Waals surface area (Å²) in [5.74, 6) is 0.264. The number of carbonyl (C=O) groups excluding carboxylic acids is 1. The van der Waals surface area contributed by atoms with Gasteiger partial charge in [0.2, 0.25) is 0 Å². The average molecular weight is 247 g/mol. The van der Waals surface area contributed by atoms with E-state index in [-0.39, 0.29) is 11.7 Å². The summed E-state index contributed by atoms with van der Waals surface area (Å²) >= 11 is 0. The maximum absolute atomic E-state index is 12.4. The van der Waals surface area contributed by atoms with Gasteiger partial charge in [0.25, 0.3) is 0 Å². The lowest BCUT2D eigenvalue weighted by molar-refractivity contribution is 0.0944. The van der Waals surface area contributed by atoms with Crippen molar-refractivity contribution in [2.45, 2.75) is 12.8 Å². The molecule has 0 saturated heterocycles. The van der Waals surface area contributed by atoms with Crippen LogP contribution < -0.4 is 0 Å². The van der Waals surface area contributed by atoms with Crippen molar-refractivity contribution in [1.29, 1.82) is 0 Å². The number of allylic oxidation sites excluding steroid dienone is 2. The molecule has 0 spiro atoms. The molecule has 0 aromatic heterocycles. The van der Waals surface area contributed by atoms with E-state index >= 15 is 0 Å². The minimum Gasteiger partial charge on any atom is -0.294 e. The summed E-state index contributed by atoms with van der Waals surface area (Å²) in [5, 5.41) is 0. The Balaban J connectivity index is 1.82. The molecule has 0 bridgehead atoms. The van der Waals surface area contributed by atoms with E-state index in [9.17, 15) is 4.79 Å². The Bertz CT molecular complexity index is 596. The van der Waals surface area contributed by atoms with Crippen LogP contribution in [0.2, 0.25) is 0 Å². The average Bonchev–Trinajstić information content (AvgIpc) is 2.98. The van der Waals surface area contributed by atoms with Crippen molar-refractivity contribution in [2.75, 3.05) is 0 Å².